The fourth-order valence-corrected chi connectivity index (χ4v) is 0.898. The van der Waals surface area contributed by atoms with Crippen LogP contribution < -0.4 is 0 Å². The molecule has 0 saturated heterocycles. The summed E-state index contributed by atoms with van der Waals surface area (Å²) in [6.07, 6.45) is 0. The lowest BCUT2D eigenvalue weighted by atomic mass is 10.2. The summed E-state index contributed by atoms with van der Waals surface area (Å²) in [5, 5.41) is 0.604. The lowest BCUT2D eigenvalue weighted by molar-refractivity contribution is 0.101. The molecule has 0 spiro atoms. The van der Waals surface area contributed by atoms with Crippen molar-refractivity contribution in [1.82, 2.24) is 0 Å². The SMILES string of the molecule is C=C.CC(=O)c1cccc(Cl)c1. The van der Waals surface area contributed by atoms with Crippen LogP contribution in [0.1, 0.15) is 17.3 Å². The first kappa shape index (κ1) is 10.9. The van der Waals surface area contributed by atoms with Crippen molar-refractivity contribution in [1.29, 1.82) is 0 Å². The summed E-state index contributed by atoms with van der Waals surface area (Å²) >= 11 is 5.64. The molecule has 1 aromatic carbocycles. The van der Waals surface area contributed by atoms with Gasteiger partial charge < -0.3 is 0 Å². The molecule has 0 N–H and O–H groups in total. The first-order valence-corrected chi connectivity index (χ1v) is 3.84. The molecule has 0 amide bonds. The van der Waals surface area contributed by atoms with Crippen LogP contribution in [0.15, 0.2) is 37.4 Å². The molecule has 12 heavy (non-hydrogen) atoms. The molecule has 1 rings (SSSR count). The second kappa shape index (κ2) is 5.56. The summed E-state index contributed by atoms with van der Waals surface area (Å²) < 4.78 is 0. The van der Waals surface area contributed by atoms with Gasteiger partial charge in [0.05, 0.1) is 0 Å². The van der Waals surface area contributed by atoms with Crippen LogP contribution in [-0.4, -0.2) is 5.78 Å². The van der Waals surface area contributed by atoms with E-state index in [0.717, 1.165) is 0 Å². The summed E-state index contributed by atoms with van der Waals surface area (Å²) in [6, 6.07) is 6.91. The van der Waals surface area contributed by atoms with E-state index in [-0.39, 0.29) is 5.78 Å². The van der Waals surface area contributed by atoms with Gasteiger partial charge in [0.25, 0.3) is 0 Å². The number of ketones is 1. The van der Waals surface area contributed by atoms with Crippen molar-refractivity contribution >= 4 is 17.4 Å². The van der Waals surface area contributed by atoms with Crippen LogP contribution in [0.3, 0.4) is 0 Å². The summed E-state index contributed by atoms with van der Waals surface area (Å²) in [6.45, 7) is 7.52. The molecule has 0 radical (unpaired) electrons. The van der Waals surface area contributed by atoms with Gasteiger partial charge in [-0.3, -0.25) is 4.79 Å². The lowest BCUT2D eigenvalue weighted by Crippen LogP contribution is -1.89. The number of halogens is 1. The highest BCUT2D eigenvalue weighted by Gasteiger charge is 1.96. The molecular formula is C10H11ClO. The van der Waals surface area contributed by atoms with E-state index in [1.165, 1.54) is 6.92 Å². The molecule has 64 valence electrons. The highest BCUT2D eigenvalue weighted by atomic mass is 35.5. The predicted molar refractivity (Wildman–Crippen MR) is 52.7 cm³/mol. The van der Waals surface area contributed by atoms with Crippen LogP contribution in [0, 0.1) is 0 Å². The Hall–Kier alpha value is -1.08. The smallest absolute Gasteiger partial charge is 0.159 e. The van der Waals surface area contributed by atoms with Crippen molar-refractivity contribution in [3.63, 3.8) is 0 Å². The summed E-state index contributed by atoms with van der Waals surface area (Å²) in [4.78, 5) is 10.7. The van der Waals surface area contributed by atoms with Gasteiger partial charge in [-0.2, -0.15) is 0 Å². The normalized spacial score (nSPS) is 8.17. The molecule has 0 aliphatic heterocycles. The molecule has 0 atom stereocenters. The predicted octanol–water partition coefficient (Wildman–Crippen LogP) is 3.34. The monoisotopic (exact) mass is 182 g/mol. The number of Topliss-reactive ketones (excluding diaryl/α,β-unsaturated/α-hetero) is 1. The first-order valence-electron chi connectivity index (χ1n) is 3.46. The third-order valence-corrected chi connectivity index (χ3v) is 1.47. The molecule has 0 aliphatic rings. The van der Waals surface area contributed by atoms with E-state index in [1.54, 1.807) is 24.3 Å². The number of carbonyl (C=O) groups excluding carboxylic acids is 1. The van der Waals surface area contributed by atoms with Gasteiger partial charge in [-0.15, -0.1) is 13.2 Å². The molecule has 0 aliphatic carbocycles. The molecular weight excluding hydrogens is 172 g/mol. The van der Waals surface area contributed by atoms with Gasteiger partial charge in [0.1, 0.15) is 0 Å². The Morgan fingerprint density at radius 2 is 2.00 bits per heavy atom. The van der Waals surface area contributed by atoms with Crippen LogP contribution in [0.5, 0.6) is 0 Å². The quantitative estimate of drug-likeness (QED) is 0.481. The van der Waals surface area contributed by atoms with Crippen LogP contribution in [-0.2, 0) is 0 Å². The van der Waals surface area contributed by atoms with Crippen molar-refractivity contribution in [2.45, 2.75) is 6.92 Å². The second-order valence-electron chi connectivity index (χ2n) is 2.07. The third kappa shape index (κ3) is 3.35. The molecule has 0 unspecified atom stereocenters. The Balaban J connectivity index is 0.000000561. The highest BCUT2D eigenvalue weighted by Crippen LogP contribution is 2.10. The second-order valence-corrected chi connectivity index (χ2v) is 2.50. The Morgan fingerprint density at radius 1 is 1.42 bits per heavy atom. The minimum absolute atomic E-state index is 0.0440. The average Bonchev–Trinajstić information content (AvgIpc) is 2.08. The minimum Gasteiger partial charge on any atom is -0.295 e. The molecule has 2 heteroatoms. The number of rotatable bonds is 1. The molecule has 0 heterocycles. The maximum absolute atomic E-state index is 10.7. The lowest BCUT2D eigenvalue weighted by Gasteiger charge is -1.93. The number of benzene rings is 1. The number of hydrogen-bond donors (Lipinski definition) is 0. The van der Waals surface area contributed by atoms with Gasteiger partial charge in [-0.1, -0.05) is 23.7 Å². The van der Waals surface area contributed by atoms with Gasteiger partial charge in [-0.05, 0) is 19.1 Å². The van der Waals surface area contributed by atoms with Crippen molar-refractivity contribution in [3.05, 3.63) is 48.0 Å². The fraction of sp³-hybridized carbons (Fsp3) is 0.100. The average molecular weight is 183 g/mol. The van der Waals surface area contributed by atoms with E-state index in [0.29, 0.717) is 10.6 Å². The largest absolute Gasteiger partial charge is 0.295 e. The zero-order valence-electron chi connectivity index (χ0n) is 7.01. The van der Waals surface area contributed by atoms with Gasteiger partial charge in [-0.25, -0.2) is 0 Å². The van der Waals surface area contributed by atoms with E-state index in [1.807, 2.05) is 0 Å². The molecule has 0 fully saturated rings. The van der Waals surface area contributed by atoms with Crippen molar-refractivity contribution in [2.75, 3.05) is 0 Å². The Labute approximate surface area is 77.7 Å². The Morgan fingerprint density at radius 3 is 2.33 bits per heavy atom. The fourth-order valence-electron chi connectivity index (χ4n) is 0.707. The van der Waals surface area contributed by atoms with Gasteiger partial charge in [0, 0.05) is 10.6 Å². The molecule has 0 saturated carbocycles. The summed E-state index contributed by atoms with van der Waals surface area (Å²) in [7, 11) is 0. The van der Waals surface area contributed by atoms with E-state index < -0.39 is 0 Å². The van der Waals surface area contributed by atoms with Crippen LogP contribution >= 0.6 is 11.6 Å². The maximum Gasteiger partial charge on any atom is 0.159 e. The minimum atomic E-state index is 0.0440. The first-order chi connectivity index (χ1) is 5.70. The number of carbonyl (C=O) groups is 1. The van der Waals surface area contributed by atoms with Gasteiger partial charge in [0.2, 0.25) is 0 Å². The molecule has 0 bridgehead atoms. The Bertz CT molecular complexity index is 268. The van der Waals surface area contributed by atoms with Crippen LogP contribution in [0.25, 0.3) is 0 Å². The van der Waals surface area contributed by atoms with Crippen molar-refractivity contribution in [3.8, 4) is 0 Å². The molecule has 1 aromatic rings. The van der Waals surface area contributed by atoms with E-state index in [2.05, 4.69) is 13.2 Å². The van der Waals surface area contributed by atoms with Crippen molar-refractivity contribution in [2.24, 2.45) is 0 Å². The van der Waals surface area contributed by atoms with Gasteiger partial charge >= 0.3 is 0 Å². The topological polar surface area (TPSA) is 17.1 Å². The third-order valence-electron chi connectivity index (χ3n) is 1.23. The standard InChI is InChI=1S/C8H7ClO.C2H4/c1-6(10)7-3-2-4-8(9)5-7;1-2/h2-5H,1H3;1-2H2. The number of hydrogen-bond acceptors (Lipinski definition) is 1. The zero-order chi connectivity index (χ0) is 9.56. The summed E-state index contributed by atoms with van der Waals surface area (Å²) in [5.41, 5.74) is 0.660. The molecule has 1 nitrogen and oxygen atoms in total. The van der Waals surface area contributed by atoms with Gasteiger partial charge in [0.15, 0.2) is 5.78 Å². The molecule has 0 aromatic heterocycles. The maximum atomic E-state index is 10.7. The van der Waals surface area contributed by atoms with E-state index in [4.69, 9.17) is 11.6 Å². The Kier molecular flexibility index (Phi) is 5.06. The van der Waals surface area contributed by atoms with Crippen molar-refractivity contribution < 1.29 is 4.79 Å². The van der Waals surface area contributed by atoms with E-state index in [9.17, 15) is 4.79 Å². The zero-order valence-corrected chi connectivity index (χ0v) is 7.77. The van der Waals surface area contributed by atoms with Crippen LogP contribution in [0.4, 0.5) is 0 Å². The van der Waals surface area contributed by atoms with E-state index >= 15 is 0 Å². The highest BCUT2D eigenvalue weighted by molar-refractivity contribution is 6.30. The summed E-state index contributed by atoms with van der Waals surface area (Å²) in [5.74, 6) is 0.0440. The van der Waals surface area contributed by atoms with Crippen LogP contribution in [0.2, 0.25) is 5.02 Å².